The van der Waals surface area contributed by atoms with Gasteiger partial charge in [-0.1, -0.05) is 0 Å². The quantitative estimate of drug-likeness (QED) is 0.400. The zero-order chi connectivity index (χ0) is 9.56. The van der Waals surface area contributed by atoms with Gasteiger partial charge in [-0.05, 0) is 19.8 Å². The fourth-order valence-corrected chi connectivity index (χ4v) is 0.489. The molecule has 2 amide bonds. The predicted molar refractivity (Wildman–Crippen MR) is 40.1 cm³/mol. The van der Waals surface area contributed by atoms with Gasteiger partial charge in [0.25, 0.3) is 0 Å². The van der Waals surface area contributed by atoms with Gasteiger partial charge in [0.15, 0.2) is 0 Å². The molecule has 12 heavy (non-hydrogen) atoms. The van der Waals surface area contributed by atoms with Crippen LogP contribution in [0.2, 0.25) is 0 Å². The SMILES string of the molecule is C/C(CCC(=O)[O-])=N/NC(N)=O. The number of urea groups is 1. The Bertz CT molecular complexity index is 212. The number of amides is 2. The zero-order valence-corrected chi connectivity index (χ0v) is 6.66. The van der Waals surface area contributed by atoms with Crippen LogP contribution >= 0.6 is 0 Å². The highest BCUT2D eigenvalue weighted by Crippen LogP contribution is 1.89. The average Bonchev–Trinajstić information content (AvgIpc) is 1.96. The molecule has 0 atom stereocenters. The summed E-state index contributed by atoms with van der Waals surface area (Å²) >= 11 is 0. The van der Waals surface area contributed by atoms with Crippen LogP contribution in [0.3, 0.4) is 0 Å². The maximum absolute atomic E-state index is 10.1. The van der Waals surface area contributed by atoms with E-state index in [-0.39, 0.29) is 12.8 Å². The minimum absolute atomic E-state index is 0.115. The number of nitrogens with two attached hydrogens (primary N) is 1. The number of nitrogens with zero attached hydrogens (tertiary/aromatic N) is 1. The van der Waals surface area contributed by atoms with Crippen LogP contribution in [0.4, 0.5) is 4.79 Å². The van der Waals surface area contributed by atoms with E-state index in [1.54, 1.807) is 6.92 Å². The van der Waals surface area contributed by atoms with Crippen molar-refractivity contribution in [1.29, 1.82) is 0 Å². The normalized spacial score (nSPS) is 10.9. The van der Waals surface area contributed by atoms with E-state index in [4.69, 9.17) is 5.73 Å². The summed E-state index contributed by atoms with van der Waals surface area (Å²) in [6.07, 6.45) is 0.123. The van der Waals surface area contributed by atoms with Crippen molar-refractivity contribution in [1.82, 2.24) is 5.43 Å². The van der Waals surface area contributed by atoms with Crippen molar-refractivity contribution in [2.75, 3.05) is 0 Å². The fourth-order valence-electron chi connectivity index (χ4n) is 0.489. The lowest BCUT2D eigenvalue weighted by atomic mass is 10.2. The van der Waals surface area contributed by atoms with Gasteiger partial charge in [0, 0.05) is 11.7 Å². The Morgan fingerprint density at radius 1 is 1.50 bits per heavy atom. The number of nitrogens with one attached hydrogen (secondary N) is 1. The van der Waals surface area contributed by atoms with Gasteiger partial charge in [0.1, 0.15) is 0 Å². The first-order chi connectivity index (χ1) is 5.52. The van der Waals surface area contributed by atoms with Gasteiger partial charge in [0.2, 0.25) is 0 Å². The molecule has 6 nitrogen and oxygen atoms in total. The van der Waals surface area contributed by atoms with Crippen molar-refractivity contribution >= 4 is 17.7 Å². The Hall–Kier alpha value is -1.59. The van der Waals surface area contributed by atoms with Crippen molar-refractivity contribution in [3.05, 3.63) is 0 Å². The summed E-state index contributed by atoms with van der Waals surface area (Å²) in [5, 5.41) is 13.5. The topological polar surface area (TPSA) is 108 Å². The number of carboxylic acid groups (broad SMARTS) is 1. The Morgan fingerprint density at radius 3 is 2.50 bits per heavy atom. The Kier molecular flexibility index (Phi) is 4.43. The van der Waals surface area contributed by atoms with Crippen LogP contribution < -0.4 is 16.3 Å². The molecule has 0 heterocycles. The summed E-state index contributed by atoms with van der Waals surface area (Å²) < 4.78 is 0. The molecule has 0 unspecified atom stereocenters. The molecule has 0 aliphatic carbocycles. The number of carbonyl (C=O) groups is 2. The van der Waals surface area contributed by atoms with Crippen LogP contribution in [0, 0.1) is 0 Å². The maximum atomic E-state index is 10.1. The van der Waals surface area contributed by atoms with Crippen LogP contribution in [0.5, 0.6) is 0 Å². The summed E-state index contributed by atoms with van der Waals surface area (Å²) in [5.74, 6) is -1.15. The van der Waals surface area contributed by atoms with Crippen LogP contribution in [0.15, 0.2) is 5.10 Å². The molecule has 0 saturated heterocycles. The van der Waals surface area contributed by atoms with Crippen molar-refractivity contribution in [3.8, 4) is 0 Å². The van der Waals surface area contributed by atoms with Crippen molar-refractivity contribution < 1.29 is 14.7 Å². The van der Waals surface area contributed by atoms with Gasteiger partial charge >= 0.3 is 6.03 Å². The molecular weight excluding hydrogens is 162 g/mol. The van der Waals surface area contributed by atoms with Crippen LogP contribution in [0.1, 0.15) is 19.8 Å². The standard InChI is InChI=1S/C6H11N3O3/c1-4(2-3-5(10)11)8-9-6(7)12/h2-3H2,1H3,(H,10,11)(H3,7,9,12)/p-1/b8-4-. The van der Waals surface area contributed by atoms with Gasteiger partial charge in [-0.2, -0.15) is 5.10 Å². The first-order valence-corrected chi connectivity index (χ1v) is 3.31. The van der Waals surface area contributed by atoms with Crippen LogP contribution in [-0.2, 0) is 4.79 Å². The highest BCUT2D eigenvalue weighted by atomic mass is 16.4. The number of carboxylic acids is 1. The molecule has 0 radical (unpaired) electrons. The average molecular weight is 172 g/mol. The van der Waals surface area contributed by atoms with E-state index < -0.39 is 12.0 Å². The number of carbonyl (C=O) groups excluding carboxylic acids is 2. The number of hydrogen-bond acceptors (Lipinski definition) is 4. The Labute approximate surface area is 69.4 Å². The summed E-state index contributed by atoms with van der Waals surface area (Å²) in [4.78, 5) is 20.1. The monoisotopic (exact) mass is 172 g/mol. The van der Waals surface area contributed by atoms with E-state index in [0.29, 0.717) is 5.71 Å². The van der Waals surface area contributed by atoms with Crippen LogP contribution in [-0.4, -0.2) is 17.7 Å². The smallest absolute Gasteiger partial charge is 0.332 e. The largest absolute Gasteiger partial charge is 0.550 e. The lowest BCUT2D eigenvalue weighted by Crippen LogP contribution is -2.26. The van der Waals surface area contributed by atoms with Crippen molar-refractivity contribution in [2.24, 2.45) is 10.8 Å². The molecule has 68 valence electrons. The second-order valence-electron chi connectivity index (χ2n) is 2.20. The van der Waals surface area contributed by atoms with Gasteiger partial charge in [-0.25, -0.2) is 10.2 Å². The highest BCUT2D eigenvalue weighted by molar-refractivity contribution is 5.85. The first-order valence-electron chi connectivity index (χ1n) is 3.31. The molecule has 0 aliphatic rings. The van der Waals surface area contributed by atoms with Gasteiger partial charge < -0.3 is 15.6 Å². The number of hydrazone groups is 1. The minimum Gasteiger partial charge on any atom is -0.550 e. The van der Waals surface area contributed by atoms with E-state index in [0.717, 1.165) is 0 Å². The molecule has 0 bridgehead atoms. The second-order valence-corrected chi connectivity index (χ2v) is 2.20. The summed E-state index contributed by atoms with van der Waals surface area (Å²) in [6, 6.07) is -0.775. The number of hydrogen-bond donors (Lipinski definition) is 2. The molecule has 0 aromatic heterocycles. The summed E-state index contributed by atoms with van der Waals surface area (Å²) in [7, 11) is 0. The molecule has 6 heteroatoms. The molecule has 0 saturated carbocycles. The lowest BCUT2D eigenvalue weighted by Gasteiger charge is -2.01. The van der Waals surface area contributed by atoms with Gasteiger partial charge in [-0.15, -0.1) is 0 Å². The van der Waals surface area contributed by atoms with Crippen molar-refractivity contribution in [3.63, 3.8) is 0 Å². The third-order valence-electron chi connectivity index (χ3n) is 1.05. The lowest BCUT2D eigenvalue weighted by molar-refractivity contribution is -0.305. The van der Waals surface area contributed by atoms with E-state index in [1.807, 2.05) is 5.43 Å². The fraction of sp³-hybridized carbons (Fsp3) is 0.500. The molecule has 0 aromatic carbocycles. The molecule has 0 aliphatic heterocycles. The number of primary amides is 1. The number of aliphatic carboxylic acids is 1. The maximum Gasteiger partial charge on any atom is 0.332 e. The summed E-state index contributed by atoms with van der Waals surface area (Å²) in [5.41, 5.74) is 7.18. The van der Waals surface area contributed by atoms with E-state index in [1.165, 1.54) is 0 Å². The summed E-state index contributed by atoms with van der Waals surface area (Å²) in [6.45, 7) is 1.58. The zero-order valence-electron chi connectivity index (χ0n) is 6.66. The van der Waals surface area contributed by atoms with E-state index in [2.05, 4.69) is 5.10 Å². The van der Waals surface area contributed by atoms with Gasteiger partial charge in [0.05, 0.1) is 0 Å². The molecule has 0 aromatic rings. The highest BCUT2D eigenvalue weighted by Gasteiger charge is 1.93. The predicted octanol–water partition coefficient (Wildman–Crippen LogP) is -1.44. The first kappa shape index (κ1) is 10.4. The third kappa shape index (κ3) is 6.53. The second kappa shape index (κ2) is 5.11. The Balaban J connectivity index is 3.70. The molecule has 3 N–H and O–H groups in total. The molecule has 0 rings (SSSR count). The number of rotatable bonds is 4. The molecule has 0 fully saturated rings. The van der Waals surface area contributed by atoms with E-state index in [9.17, 15) is 14.7 Å². The Morgan fingerprint density at radius 2 is 2.08 bits per heavy atom. The van der Waals surface area contributed by atoms with Crippen molar-refractivity contribution in [2.45, 2.75) is 19.8 Å². The third-order valence-corrected chi connectivity index (χ3v) is 1.05. The minimum atomic E-state index is -1.15. The molecular formula is C6H10N3O3-. The van der Waals surface area contributed by atoms with Gasteiger partial charge in [-0.3, -0.25) is 0 Å². The van der Waals surface area contributed by atoms with E-state index >= 15 is 0 Å². The van der Waals surface area contributed by atoms with Crippen LogP contribution in [0.25, 0.3) is 0 Å². The molecule has 0 spiro atoms.